The number of thioether (sulfide) groups is 1. The van der Waals surface area contributed by atoms with Gasteiger partial charge in [0.15, 0.2) is 0 Å². The molecule has 0 saturated carbocycles. The maximum atomic E-state index is 13.3. The van der Waals surface area contributed by atoms with Gasteiger partial charge < -0.3 is 10.4 Å². The number of carboxylic acid groups (broad SMARTS) is 1. The lowest BCUT2D eigenvalue weighted by molar-refractivity contribution is -0.143. The van der Waals surface area contributed by atoms with Crippen molar-refractivity contribution in [3.63, 3.8) is 0 Å². The third-order valence-electron chi connectivity index (χ3n) is 5.90. The second-order valence-electron chi connectivity index (χ2n) is 8.96. The summed E-state index contributed by atoms with van der Waals surface area (Å²) in [6.45, 7) is -0.0548. The normalized spacial score (nSPS) is 14.8. The standard InChI is InChI=1S/C27H18F6N4O4S2/c28-26(29,30)16-9-15(10-17(11-16)27(31,32)33)19-3-1-2-18(36-19)12-21-23(39)37(25(42)43-21)7-5-22(38)35-13-14-4-6-34-20(8-14)24(40)41/h1-4,6,8-12H,5,7,13H2,(H,35,38)(H,40,41). The molecule has 3 aromatic rings. The third-order valence-corrected chi connectivity index (χ3v) is 7.28. The van der Waals surface area contributed by atoms with Crippen molar-refractivity contribution in [2.24, 2.45) is 0 Å². The number of halogens is 6. The number of amides is 2. The summed E-state index contributed by atoms with van der Waals surface area (Å²) in [6, 6.07) is 8.01. The lowest BCUT2D eigenvalue weighted by Crippen LogP contribution is -2.33. The van der Waals surface area contributed by atoms with Crippen LogP contribution in [0.5, 0.6) is 0 Å². The van der Waals surface area contributed by atoms with E-state index < -0.39 is 46.8 Å². The number of aromatic nitrogens is 2. The Kier molecular flexibility index (Phi) is 9.20. The van der Waals surface area contributed by atoms with Crippen LogP contribution in [0.25, 0.3) is 17.3 Å². The van der Waals surface area contributed by atoms with Crippen LogP contribution in [0.15, 0.2) is 59.6 Å². The molecule has 16 heteroatoms. The number of rotatable bonds is 8. The Morgan fingerprint density at radius 3 is 2.33 bits per heavy atom. The number of carbonyl (C=O) groups excluding carboxylic acids is 2. The summed E-state index contributed by atoms with van der Waals surface area (Å²) in [5.74, 6) is -2.22. The van der Waals surface area contributed by atoms with Crippen molar-refractivity contribution in [3.05, 3.63) is 87.7 Å². The van der Waals surface area contributed by atoms with E-state index in [1.807, 2.05) is 0 Å². The van der Waals surface area contributed by atoms with Crippen molar-refractivity contribution in [2.45, 2.75) is 25.3 Å². The third kappa shape index (κ3) is 7.95. The fourth-order valence-corrected chi connectivity index (χ4v) is 5.12. The zero-order valence-corrected chi connectivity index (χ0v) is 23.1. The van der Waals surface area contributed by atoms with Crippen LogP contribution in [0.4, 0.5) is 26.3 Å². The van der Waals surface area contributed by atoms with Crippen molar-refractivity contribution in [2.75, 3.05) is 6.54 Å². The second kappa shape index (κ2) is 12.5. The number of hydrogen-bond acceptors (Lipinski definition) is 7. The molecule has 1 aliphatic rings. The average Bonchev–Trinajstić information content (AvgIpc) is 3.21. The molecular formula is C27H18F6N4O4S2. The predicted molar refractivity (Wildman–Crippen MR) is 147 cm³/mol. The molecule has 0 radical (unpaired) electrons. The molecule has 2 N–H and O–H groups in total. The summed E-state index contributed by atoms with van der Waals surface area (Å²) >= 11 is 6.14. The molecule has 0 unspecified atom stereocenters. The first-order valence-corrected chi connectivity index (χ1v) is 13.3. The molecule has 1 saturated heterocycles. The van der Waals surface area contributed by atoms with Crippen LogP contribution in [0.2, 0.25) is 0 Å². The zero-order chi connectivity index (χ0) is 31.5. The quantitative estimate of drug-likeness (QED) is 0.181. The first-order chi connectivity index (χ1) is 20.1. The van der Waals surface area contributed by atoms with Gasteiger partial charge in [0.1, 0.15) is 10.0 Å². The minimum atomic E-state index is -5.03. The number of benzene rings is 1. The second-order valence-corrected chi connectivity index (χ2v) is 10.6. The SMILES string of the molecule is O=C(CCN1C(=O)C(=Cc2cccc(-c3cc(C(F)(F)F)cc(C(F)(F)F)c3)n2)SC1=S)NCc1ccnc(C(=O)O)c1. The number of alkyl halides is 6. The van der Waals surface area contributed by atoms with Gasteiger partial charge in [-0.25, -0.2) is 14.8 Å². The van der Waals surface area contributed by atoms with Crippen molar-refractivity contribution in [1.29, 1.82) is 0 Å². The summed E-state index contributed by atoms with van der Waals surface area (Å²) in [5, 5.41) is 11.6. The molecule has 8 nitrogen and oxygen atoms in total. The van der Waals surface area contributed by atoms with Crippen LogP contribution in [-0.2, 0) is 28.5 Å². The highest BCUT2D eigenvalue weighted by Gasteiger charge is 2.37. The Bertz CT molecular complexity index is 1610. The molecule has 0 spiro atoms. The Hall–Kier alpha value is -4.31. The minimum absolute atomic E-state index is 0.0211. The van der Waals surface area contributed by atoms with E-state index in [1.54, 1.807) is 0 Å². The maximum Gasteiger partial charge on any atom is 0.416 e. The van der Waals surface area contributed by atoms with E-state index in [2.05, 4.69) is 15.3 Å². The van der Waals surface area contributed by atoms with Gasteiger partial charge in [0.25, 0.3) is 5.91 Å². The van der Waals surface area contributed by atoms with Crippen LogP contribution in [-0.4, -0.2) is 48.6 Å². The fourth-order valence-electron chi connectivity index (χ4n) is 3.83. The summed E-state index contributed by atoms with van der Waals surface area (Å²) in [4.78, 5) is 45.4. The van der Waals surface area contributed by atoms with Gasteiger partial charge in [0, 0.05) is 31.3 Å². The zero-order valence-electron chi connectivity index (χ0n) is 21.5. The number of thiocarbonyl (C=S) groups is 1. The topological polar surface area (TPSA) is 112 Å². The average molecular weight is 641 g/mol. The monoisotopic (exact) mass is 640 g/mol. The van der Waals surface area contributed by atoms with Crippen molar-refractivity contribution in [1.82, 2.24) is 20.2 Å². The van der Waals surface area contributed by atoms with E-state index >= 15 is 0 Å². The van der Waals surface area contributed by atoms with E-state index in [0.29, 0.717) is 17.7 Å². The van der Waals surface area contributed by atoms with Gasteiger partial charge in [-0.2, -0.15) is 26.3 Å². The van der Waals surface area contributed by atoms with Crippen LogP contribution in [0.3, 0.4) is 0 Å². The van der Waals surface area contributed by atoms with Gasteiger partial charge in [0.2, 0.25) is 5.91 Å². The summed E-state index contributed by atoms with van der Waals surface area (Å²) in [6.07, 6.45) is -7.60. The molecule has 3 heterocycles. The molecule has 43 heavy (non-hydrogen) atoms. The van der Waals surface area contributed by atoms with Crippen LogP contribution >= 0.6 is 24.0 Å². The Morgan fingerprint density at radius 2 is 1.70 bits per heavy atom. The Morgan fingerprint density at radius 1 is 1.02 bits per heavy atom. The van der Waals surface area contributed by atoms with Crippen molar-refractivity contribution >= 4 is 52.2 Å². The Balaban J connectivity index is 1.45. The number of carbonyl (C=O) groups is 3. The number of pyridine rings is 2. The van der Waals surface area contributed by atoms with Crippen LogP contribution in [0, 0.1) is 0 Å². The maximum absolute atomic E-state index is 13.3. The molecule has 1 fully saturated rings. The van der Waals surface area contributed by atoms with Crippen LogP contribution < -0.4 is 5.32 Å². The van der Waals surface area contributed by atoms with E-state index in [-0.39, 0.29) is 51.9 Å². The minimum Gasteiger partial charge on any atom is -0.477 e. The van der Waals surface area contributed by atoms with E-state index in [0.717, 1.165) is 11.8 Å². The first-order valence-electron chi connectivity index (χ1n) is 12.1. The van der Waals surface area contributed by atoms with E-state index in [1.165, 1.54) is 47.5 Å². The molecule has 224 valence electrons. The highest BCUT2D eigenvalue weighted by Crippen LogP contribution is 2.38. The van der Waals surface area contributed by atoms with Gasteiger partial charge in [-0.05, 0) is 54.1 Å². The highest BCUT2D eigenvalue weighted by molar-refractivity contribution is 8.26. The molecule has 4 rings (SSSR count). The molecule has 1 aromatic carbocycles. The highest BCUT2D eigenvalue weighted by atomic mass is 32.2. The fraction of sp³-hybridized carbons (Fsp3) is 0.185. The molecule has 0 aliphatic carbocycles. The largest absolute Gasteiger partial charge is 0.477 e. The first kappa shape index (κ1) is 31.6. The predicted octanol–water partition coefficient (Wildman–Crippen LogP) is 5.79. The molecule has 0 bridgehead atoms. The van der Waals surface area contributed by atoms with Gasteiger partial charge in [-0.3, -0.25) is 14.5 Å². The van der Waals surface area contributed by atoms with Gasteiger partial charge >= 0.3 is 18.3 Å². The van der Waals surface area contributed by atoms with Gasteiger partial charge in [-0.1, -0.05) is 30.0 Å². The molecule has 2 aromatic heterocycles. The number of hydrogen-bond donors (Lipinski definition) is 2. The van der Waals surface area contributed by atoms with Crippen molar-refractivity contribution < 1.29 is 45.8 Å². The summed E-state index contributed by atoms with van der Waals surface area (Å²) in [5.41, 5.74) is -3.16. The van der Waals surface area contributed by atoms with E-state index in [4.69, 9.17) is 17.3 Å². The lowest BCUT2D eigenvalue weighted by Gasteiger charge is -2.14. The summed E-state index contributed by atoms with van der Waals surface area (Å²) in [7, 11) is 0. The number of nitrogens with one attached hydrogen (secondary N) is 1. The Labute approximate surface area is 248 Å². The molecule has 2 amide bonds. The van der Waals surface area contributed by atoms with E-state index in [9.17, 15) is 40.7 Å². The summed E-state index contributed by atoms with van der Waals surface area (Å²) < 4.78 is 79.9. The number of nitrogens with zero attached hydrogens (tertiary/aromatic N) is 3. The smallest absolute Gasteiger partial charge is 0.416 e. The van der Waals surface area contributed by atoms with Gasteiger partial charge in [0.05, 0.1) is 27.4 Å². The van der Waals surface area contributed by atoms with Gasteiger partial charge in [-0.15, -0.1) is 0 Å². The van der Waals surface area contributed by atoms with Crippen molar-refractivity contribution in [3.8, 4) is 11.3 Å². The number of aromatic carboxylic acids is 1. The molecule has 0 atom stereocenters. The van der Waals surface area contributed by atoms with Crippen LogP contribution in [0.1, 0.15) is 39.3 Å². The lowest BCUT2D eigenvalue weighted by atomic mass is 10.0. The molecular weight excluding hydrogens is 622 g/mol. The number of carboxylic acids is 1. The molecule has 1 aliphatic heterocycles.